The highest BCUT2D eigenvalue weighted by molar-refractivity contribution is 5.98. The molecule has 4 heteroatoms. The van der Waals surface area contributed by atoms with E-state index in [4.69, 9.17) is 4.74 Å². The predicted octanol–water partition coefficient (Wildman–Crippen LogP) is 0.958. The zero-order chi connectivity index (χ0) is 10.8. The Hall–Kier alpha value is -1.84. The van der Waals surface area contributed by atoms with Crippen LogP contribution in [0.4, 0.5) is 0 Å². The van der Waals surface area contributed by atoms with Gasteiger partial charge >= 0.3 is 11.9 Å². The number of esters is 2. The highest BCUT2D eigenvalue weighted by atomic mass is 16.6. The minimum atomic E-state index is -0.864. The summed E-state index contributed by atoms with van der Waals surface area (Å²) in [6, 6.07) is 0. The summed E-state index contributed by atoms with van der Waals surface area (Å²) in [5, 5.41) is 0. The Morgan fingerprint density at radius 3 is 2.93 bits per heavy atom. The number of methoxy groups -OCH3 is 1. The van der Waals surface area contributed by atoms with Gasteiger partial charge in [0.1, 0.15) is 5.76 Å². The van der Waals surface area contributed by atoms with E-state index in [1.54, 1.807) is 24.3 Å². The van der Waals surface area contributed by atoms with Crippen molar-refractivity contribution in [3.63, 3.8) is 0 Å². The molecule has 2 unspecified atom stereocenters. The fourth-order valence-corrected chi connectivity index (χ4v) is 1.68. The number of hydrogen-bond donors (Lipinski definition) is 0. The molecule has 2 atom stereocenters. The van der Waals surface area contributed by atoms with E-state index in [-0.39, 0.29) is 5.92 Å². The van der Waals surface area contributed by atoms with E-state index in [9.17, 15) is 9.59 Å². The molecule has 0 spiro atoms. The summed E-state index contributed by atoms with van der Waals surface area (Å²) in [4.78, 5) is 22.8. The SMILES string of the molecule is COC(=O)C1C(=O)OC2=CC=CC=CC21. The van der Waals surface area contributed by atoms with Gasteiger partial charge in [-0.3, -0.25) is 9.59 Å². The van der Waals surface area contributed by atoms with E-state index in [1.807, 2.05) is 6.08 Å². The third-order valence-electron chi connectivity index (χ3n) is 2.42. The quantitative estimate of drug-likeness (QED) is 0.473. The monoisotopic (exact) mass is 206 g/mol. The molecule has 0 amide bonds. The Morgan fingerprint density at radius 1 is 1.40 bits per heavy atom. The minimum absolute atomic E-state index is 0.333. The highest BCUT2D eigenvalue weighted by Gasteiger charge is 2.45. The van der Waals surface area contributed by atoms with Gasteiger partial charge in [0.2, 0.25) is 0 Å². The summed E-state index contributed by atoms with van der Waals surface area (Å²) in [5.74, 6) is -1.80. The molecule has 0 aromatic carbocycles. The molecular formula is C11H10O4. The zero-order valence-corrected chi connectivity index (χ0v) is 8.17. The first-order valence-corrected chi connectivity index (χ1v) is 4.58. The fraction of sp³-hybridized carbons (Fsp3) is 0.273. The van der Waals surface area contributed by atoms with Gasteiger partial charge in [-0.2, -0.15) is 0 Å². The first kappa shape index (κ1) is 9.71. The van der Waals surface area contributed by atoms with Gasteiger partial charge in [-0.05, 0) is 6.08 Å². The molecule has 4 nitrogen and oxygen atoms in total. The van der Waals surface area contributed by atoms with Crippen molar-refractivity contribution in [1.29, 1.82) is 0 Å². The molecule has 1 saturated heterocycles. The first-order chi connectivity index (χ1) is 7.24. The molecule has 0 aromatic rings. The smallest absolute Gasteiger partial charge is 0.326 e. The lowest BCUT2D eigenvalue weighted by atomic mass is 9.93. The molecule has 0 aromatic heterocycles. The van der Waals surface area contributed by atoms with Crippen molar-refractivity contribution in [1.82, 2.24) is 0 Å². The molecule has 1 fully saturated rings. The van der Waals surface area contributed by atoms with E-state index < -0.39 is 17.9 Å². The maximum absolute atomic E-state index is 11.4. The van der Waals surface area contributed by atoms with Crippen molar-refractivity contribution >= 4 is 11.9 Å². The van der Waals surface area contributed by atoms with E-state index >= 15 is 0 Å². The number of ether oxygens (including phenoxy) is 2. The van der Waals surface area contributed by atoms with Crippen LogP contribution in [0, 0.1) is 11.8 Å². The number of fused-ring (bicyclic) bond motifs is 1. The molecule has 15 heavy (non-hydrogen) atoms. The van der Waals surface area contributed by atoms with Gasteiger partial charge < -0.3 is 9.47 Å². The first-order valence-electron chi connectivity index (χ1n) is 4.58. The maximum Gasteiger partial charge on any atom is 0.326 e. The summed E-state index contributed by atoms with van der Waals surface area (Å²) in [5.41, 5.74) is 0. The van der Waals surface area contributed by atoms with Crippen LogP contribution in [0.25, 0.3) is 0 Å². The standard InChI is InChI=1S/C11H10O4/c1-14-10(12)9-7-5-3-2-4-6-8(7)15-11(9)13/h2-7,9H,1H3. The van der Waals surface area contributed by atoms with Gasteiger partial charge in [0.25, 0.3) is 0 Å². The van der Waals surface area contributed by atoms with Gasteiger partial charge in [-0.25, -0.2) is 0 Å². The second-order valence-electron chi connectivity index (χ2n) is 3.29. The predicted molar refractivity (Wildman–Crippen MR) is 51.5 cm³/mol. The molecular weight excluding hydrogens is 196 g/mol. The molecule has 1 aliphatic heterocycles. The number of carbonyl (C=O) groups excluding carboxylic acids is 2. The topological polar surface area (TPSA) is 52.6 Å². The summed E-state index contributed by atoms with van der Waals surface area (Å²) in [7, 11) is 1.26. The number of hydrogen-bond acceptors (Lipinski definition) is 4. The number of rotatable bonds is 1. The lowest BCUT2D eigenvalue weighted by Gasteiger charge is -2.08. The van der Waals surface area contributed by atoms with E-state index in [0.717, 1.165) is 0 Å². The lowest BCUT2D eigenvalue weighted by Crippen LogP contribution is -2.25. The van der Waals surface area contributed by atoms with Gasteiger partial charge in [-0.1, -0.05) is 24.3 Å². The molecule has 0 saturated carbocycles. The van der Waals surface area contributed by atoms with Crippen LogP contribution in [-0.2, 0) is 19.1 Å². The Bertz CT molecular complexity index is 389. The third kappa shape index (κ3) is 1.58. The van der Waals surface area contributed by atoms with Crippen molar-refractivity contribution in [2.24, 2.45) is 11.8 Å². The number of carbonyl (C=O) groups is 2. The van der Waals surface area contributed by atoms with E-state index in [0.29, 0.717) is 5.76 Å². The molecule has 2 aliphatic rings. The molecule has 78 valence electrons. The van der Waals surface area contributed by atoms with Crippen molar-refractivity contribution in [3.05, 3.63) is 36.1 Å². The van der Waals surface area contributed by atoms with Gasteiger partial charge in [0.05, 0.1) is 13.0 Å². The normalized spacial score (nSPS) is 27.8. The zero-order valence-electron chi connectivity index (χ0n) is 8.17. The minimum Gasteiger partial charge on any atom is -0.468 e. The van der Waals surface area contributed by atoms with Crippen LogP contribution in [0.3, 0.4) is 0 Å². The molecule has 0 radical (unpaired) electrons. The average Bonchev–Trinajstić information content (AvgIpc) is 2.40. The lowest BCUT2D eigenvalue weighted by molar-refractivity contribution is -0.154. The summed E-state index contributed by atoms with van der Waals surface area (Å²) in [6.07, 6.45) is 8.81. The van der Waals surface area contributed by atoms with Crippen molar-refractivity contribution in [3.8, 4) is 0 Å². The summed E-state index contributed by atoms with van der Waals surface area (Å²) >= 11 is 0. The van der Waals surface area contributed by atoms with Gasteiger partial charge in [0, 0.05) is 0 Å². The molecule has 1 heterocycles. The Balaban J connectivity index is 2.34. The Labute approximate surface area is 86.9 Å². The third-order valence-corrected chi connectivity index (χ3v) is 2.42. The maximum atomic E-state index is 11.4. The molecule has 2 rings (SSSR count). The second kappa shape index (κ2) is 3.73. The van der Waals surface area contributed by atoms with Crippen molar-refractivity contribution in [2.75, 3.05) is 7.11 Å². The molecule has 0 N–H and O–H groups in total. The van der Waals surface area contributed by atoms with Gasteiger partial charge in [0.15, 0.2) is 5.92 Å². The van der Waals surface area contributed by atoms with E-state index in [2.05, 4.69) is 4.74 Å². The van der Waals surface area contributed by atoms with Crippen LogP contribution < -0.4 is 0 Å². The average molecular weight is 206 g/mol. The summed E-state index contributed by atoms with van der Waals surface area (Å²) in [6.45, 7) is 0. The van der Waals surface area contributed by atoms with Crippen LogP contribution in [0.2, 0.25) is 0 Å². The van der Waals surface area contributed by atoms with Crippen LogP contribution in [0.15, 0.2) is 36.1 Å². The van der Waals surface area contributed by atoms with Crippen molar-refractivity contribution in [2.45, 2.75) is 0 Å². The van der Waals surface area contributed by atoms with Gasteiger partial charge in [-0.15, -0.1) is 0 Å². The van der Waals surface area contributed by atoms with E-state index in [1.165, 1.54) is 7.11 Å². The van der Waals surface area contributed by atoms with Crippen molar-refractivity contribution < 1.29 is 19.1 Å². The molecule has 1 aliphatic carbocycles. The largest absolute Gasteiger partial charge is 0.468 e. The van der Waals surface area contributed by atoms with Crippen LogP contribution >= 0.6 is 0 Å². The van der Waals surface area contributed by atoms with Crippen LogP contribution in [0.5, 0.6) is 0 Å². The fourth-order valence-electron chi connectivity index (χ4n) is 1.68. The Morgan fingerprint density at radius 2 is 2.20 bits per heavy atom. The summed E-state index contributed by atoms with van der Waals surface area (Å²) < 4.78 is 9.57. The van der Waals surface area contributed by atoms with Crippen LogP contribution in [0.1, 0.15) is 0 Å². The molecule has 0 bridgehead atoms. The highest BCUT2D eigenvalue weighted by Crippen LogP contribution is 2.34. The Kier molecular flexibility index (Phi) is 2.41. The number of allylic oxidation sites excluding steroid dienone is 5. The van der Waals surface area contributed by atoms with Crippen LogP contribution in [-0.4, -0.2) is 19.0 Å². The second-order valence-corrected chi connectivity index (χ2v) is 3.29.